The fourth-order valence-electron chi connectivity index (χ4n) is 1.82. The molecule has 0 saturated heterocycles. The summed E-state index contributed by atoms with van der Waals surface area (Å²) in [5.74, 6) is -0.730. The SMILES string of the molecule is CCC/C=C\CCCCCCCCOC(=O)[C@H](O)CO. The molecule has 0 aliphatic rings. The third kappa shape index (κ3) is 12.2. The maximum atomic E-state index is 11.0. The van der Waals surface area contributed by atoms with Gasteiger partial charge in [-0.2, -0.15) is 0 Å². The minimum absolute atomic E-state index is 0.329. The number of ether oxygens (including phenoxy) is 1. The van der Waals surface area contributed by atoms with Crippen molar-refractivity contribution in [3.05, 3.63) is 12.2 Å². The fraction of sp³-hybridized carbons (Fsp3) is 0.812. The summed E-state index contributed by atoms with van der Waals surface area (Å²) >= 11 is 0. The summed E-state index contributed by atoms with van der Waals surface area (Å²) in [6.07, 6.45) is 13.4. The van der Waals surface area contributed by atoms with E-state index in [1.165, 1.54) is 38.5 Å². The normalized spacial score (nSPS) is 12.8. The summed E-state index contributed by atoms with van der Waals surface area (Å²) < 4.78 is 4.82. The van der Waals surface area contributed by atoms with Crippen molar-refractivity contribution in [2.75, 3.05) is 13.2 Å². The molecule has 0 aliphatic heterocycles. The van der Waals surface area contributed by atoms with E-state index >= 15 is 0 Å². The number of allylic oxidation sites excluding steroid dienone is 2. The second-order valence-electron chi connectivity index (χ2n) is 5.04. The Balaban J connectivity index is 3.19. The summed E-state index contributed by atoms with van der Waals surface area (Å²) in [6.45, 7) is 1.94. The molecule has 4 heteroatoms. The monoisotopic (exact) mass is 286 g/mol. The molecule has 118 valence electrons. The smallest absolute Gasteiger partial charge is 0.337 e. The van der Waals surface area contributed by atoms with Gasteiger partial charge in [0.2, 0.25) is 0 Å². The van der Waals surface area contributed by atoms with E-state index in [-0.39, 0.29) is 0 Å². The maximum Gasteiger partial charge on any atom is 0.337 e. The van der Waals surface area contributed by atoms with Crippen LogP contribution in [0.5, 0.6) is 0 Å². The van der Waals surface area contributed by atoms with Gasteiger partial charge in [-0.15, -0.1) is 0 Å². The molecule has 0 heterocycles. The van der Waals surface area contributed by atoms with Gasteiger partial charge in [-0.05, 0) is 25.7 Å². The first-order chi connectivity index (χ1) is 9.72. The van der Waals surface area contributed by atoms with Gasteiger partial charge in [-0.25, -0.2) is 4.79 Å². The van der Waals surface area contributed by atoms with Gasteiger partial charge < -0.3 is 14.9 Å². The van der Waals surface area contributed by atoms with E-state index in [9.17, 15) is 4.79 Å². The summed E-state index contributed by atoms with van der Waals surface area (Å²) in [7, 11) is 0. The highest BCUT2D eigenvalue weighted by Crippen LogP contribution is 2.08. The Kier molecular flexibility index (Phi) is 13.9. The molecule has 0 spiro atoms. The molecule has 0 unspecified atom stereocenters. The van der Waals surface area contributed by atoms with Crippen LogP contribution in [-0.2, 0) is 9.53 Å². The molecule has 0 aromatic carbocycles. The van der Waals surface area contributed by atoms with Crippen molar-refractivity contribution in [3.63, 3.8) is 0 Å². The Labute approximate surface area is 122 Å². The van der Waals surface area contributed by atoms with Gasteiger partial charge in [0.1, 0.15) is 0 Å². The van der Waals surface area contributed by atoms with Crippen molar-refractivity contribution in [3.8, 4) is 0 Å². The lowest BCUT2D eigenvalue weighted by Crippen LogP contribution is -2.26. The lowest BCUT2D eigenvalue weighted by atomic mass is 10.1. The number of unbranched alkanes of at least 4 members (excludes halogenated alkanes) is 7. The van der Waals surface area contributed by atoms with E-state index in [1.54, 1.807) is 0 Å². The van der Waals surface area contributed by atoms with Crippen molar-refractivity contribution in [1.82, 2.24) is 0 Å². The molecule has 4 nitrogen and oxygen atoms in total. The van der Waals surface area contributed by atoms with E-state index in [0.29, 0.717) is 6.61 Å². The van der Waals surface area contributed by atoms with Crippen LogP contribution in [-0.4, -0.2) is 35.5 Å². The molecule has 1 atom stereocenters. The van der Waals surface area contributed by atoms with E-state index in [0.717, 1.165) is 19.3 Å². The third-order valence-corrected chi connectivity index (χ3v) is 3.08. The molecular formula is C16H30O4. The zero-order chi connectivity index (χ0) is 15.1. The van der Waals surface area contributed by atoms with E-state index in [1.807, 2.05) is 0 Å². The summed E-state index contributed by atoms with van der Waals surface area (Å²) in [4.78, 5) is 11.0. The van der Waals surface area contributed by atoms with Crippen LogP contribution in [0.3, 0.4) is 0 Å². The molecule has 0 bridgehead atoms. The molecular weight excluding hydrogens is 256 g/mol. The van der Waals surface area contributed by atoms with E-state index in [2.05, 4.69) is 19.1 Å². The first-order valence-corrected chi connectivity index (χ1v) is 7.83. The standard InChI is InChI=1S/C16H30O4/c1-2-3-4-5-6-7-8-9-10-11-12-13-20-16(19)15(18)14-17/h4-5,15,17-18H,2-3,6-14H2,1H3/b5-4-/t15-/m1/s1. The average Bonchev–Trinajstić information content (AvgIpc) is 2.47. The first-order valence-electron chi connectivity index (χ1n) is 7.83. The van der Waals surface area contributed by atoms with Gasteiger partial charge >= 0.3 is 5.97 Å². The highest BCUT2D eigenvalue weighted by Gasteiger charge is 2.14. The van der Waals surface area contributed by atoms with Crippen molar-refractivity contribution in [2.24, 2.45) is 0 Å². The Morgan fingerprint density at radius 1 is 1.05 bits per heavy atom. The molecule has 0 rings (SSSR count). The van der Waals surface area contributed by atoms with Gasteiger partial charge in [0.15, 0.2) is 6.10 Å². The molecule has 0 fully saturated rings. The lowest BCUT2D eigenvalue weighted by molar-refractivity contribution is -0.155. The molecule has 0 radical (unpaired) electrons. The van der Waals surface area contributed by atoms with Crippen LogP contribution in [0.15, 0.2) is 12.2 Å². The number of aliphatic hydroxyl groups excluding tert-OH is 2. The van der Waals surface area contributed by atoms with Crippen LogP contribution in [0.1, 0.15) is 64.7 Å². The zero-order valence-electron chi connectivity index (χ0n) is 12.7. The largest absolute Gasteiger partial charge is 0.464 e. The minimum atomic E-state index is -1.39. The number of carbonyl (C=O) groups excluding carboxylic acids is 1. The van der Waals surface area contributed by atoms with Gasteiger partial charge in [0.05, 0.1) is 13.2 Å². The molecule has 2 N–H and O–H groups in total. The van der Waals surface area contributed by atoms with Crippen LogP contribution in [0, 0.1) is 0 Å². The number of aliphatic hydroxyl groups is 2. The number of esters is 1. The van der Waals surface area contributed by atoms with Crippen molar-refractivity contribution >= 4 is 5.97 Å². The zero-order valence-corrected chi connectivity index (χ0v) is 12.7. The molecule has 0 aromatic heterocycles. The molecule has 0 saturated carbocycles. The molecule has 0 aromatic rings. The molecule has 20 heavy (non-hydrogen) atoms. The second-order valence-corrected chi connectivity index (χ2v) is 5.04. The average molecular weight is 286 g/mol. The second kappa shape index (κ2) is 14.5. The minimum Gasteiger partial charge on any atom is -0.464 e. The number of hydrogen-bond acceptors (Lipinski definition) is 4. The van der Waals surface area contributed by atoms with Crippen molar-refractivity contribution in [2.45, 2.75) is 70.8 Å². The number of hydrogen-bond donors (Lipinski definition) is 2. The predicted octanol–water partition coefficient (Wildman–Crippen LogP) is 2.97. The first kappa shape index (κ1) is 19.1. The predicted molar refractivity (Wildman–Crippen MR) is 80.4 cm³/mol. The Bertz CT molecular complexity index is 251. The summed E-state index contributed by atoms with van der Waals surface area (Å²) in [5, 5.41) is 17.5. The highest BCUT2D eigenvalue weighted by molar-refractivity contribution is 5.74. The van der Waals surface area contributed by atoms with Crippen molar-refractivity contribution in [1.29, 1.82) is 0 Å². The van der Waals surface area contributed by atoms with Crippen LogP contribution >= 0.6 is 0 Å². The van der Waals surface area contributed by atoms with Crippen LogP contribution in [0.4, 0.5) is 0 Å². The van der Waals surface area contributed by atoms with Crippen LogP contribution in [0.25, 0.3) is 0 Å². The highest BCUT2D eigenvalue weighted by atomic mass is 16.5. The van der Waals surface area contributed by atoms with E-state index in [4.69, 9.17) is 14.9 Å². The molecule has 0 aliphatic carbocycles. The van der Waals surface area contributed by atoms with Gasteiger partial charge in [0, 0.05) is 0 Å². The van der Waals surface area contributed by atoms with Crippen LogP contribution in [0.2, 0.25) is 0 Å². The van der Waals surface area contributed by atoms with Crippen molar-refractivity contribution < 1.29 is 19.7 Å². The topological polar surface area (TPSA) is 66.8 Å². The quantitative estimate of drug-likeness (QED) is 0.310. The maximum absolute atomic E-state index is 11.0. The number of carbonyl (C=O) groups is 1. The summed E-state index contributed by atoms with van der Waals surface area (Å²) in [5.41, 5.74) is 0. The molecule has 0 amide bonds. The fourth-order valence-corrected chi connectivity index (χ4v) is 1.82. The van der Waals surface area contributed by atoms with E-state index < -0.39 is 18.7 Å². The van der Waals surface area contributed by atoms with Gasteiger partial charge in [0.25, 0.3) is 0 Å². The summed E-state index contributed by atoms with van der Waals surface area (Å²) in [6, 6.07) is 0. The Hall–Kier alpha value is -0.870. The lowest BCUT2D eigenvalue weighted by Gasteiger charge is -2.07. The van der Waals surface area contributed by atoms with Crippen LogP contribution < -0.4 is 0 Å². The number of rotatable bonds is 13. The third-order valence-electron chi connectivity index (χ3n) is 3.08. The van der Waals surface area contributed by atoms with Gasteiger partial charge in [-0.3, -0.25) is 0 Å². The Morgan fingerprint density at radius 3 is 2.30 bits per heavy atom. The Morgan fingerprint density at radius 2 is 1.65 bits per heavy atom. The van der Waals surface area contributed by atoms with Gasteiger partial charge in [-0.1, -0.05) is 51.2 Å².